The normalized spacial score (nSPS) is 17.8. The molecule has 0 aliphatic carbocycles. The summed E-state index contributed by atoms with van der Waals surface area (Å²) < 4.78 is 22.8. The van der Waals surface area contributed by atoms with Crippen molar-refractivity contribution >= 4 is 11.9 Å². The number of carbonyl (C=O) groups is 2. The summed E-state index contributed by atoms with van der Waals surface area (Å²) >= 11 is 0. The van der Waals surface area contributed by atoms with E-state index in [0.717, 1.165) is 18.4 Å². The van der Waals surface area contributed by atoms with Crippen LogP contribution in [0.1, 0.15) is 124 Å². The molecule has 220 valence electrons. The van der Waals surface area contributed by atoms with E-state index in [1.165, 1.54) is 57.8 Å². The molecule has 40 heavy (non-hydrogen) atoms. The molecular weight excluding hydrogens is 504 g/mol. The number of benzene rings is 2. The first-order valence-corrected chi connectivity index (χ1v) is 15.3. The Labute approximate surface area is 240 Å². The maximum atomic E-state index is 12.6. The Kier molecular flexibility index (Phi) is 14.2. The molecule has 0 bridgehead atoms. The first-order valence-electron chi connectivity index (χ1n) is 15.3. The lowest BCUT2D eigenvalue weighted by atomic mass is 10.0. The minimum Gasteiger partial charge on any atom is -0.462 e. The largest absolute Gasteiger partial charge is 0.462 e. The summed E-state index contributed by atoms with van der Waals surface area (Å²) in [4.78, 5) is 24.8. The van der Waals surface area contributed by atoms with Crippen molar-refractivity contribution in [3.63, 3.8) is 0 Å². The molecule has 0 aromatic heterocycles. The Hall–Kier alpha value is -2.70. The number of rotatable bonds is 17. The second-order valence-corrected chi connectivity index (χ2v) is 11.1. The minimum atomic E-state index is -0.467. The molecule has 0 N–H and O–H groups in total. The van der Waals surface area contributed by atoms with Gasteiger partial charge < -0.3 is 18.9 Å². The van der Waals surface area contributed by atoms with Crippen LogP contribution < -0.4 is 4.74 Å². The fourth-order valence-corrected chi connectivity index (χ4v) is 4.67. The number of hydrogen-bond acceptors (Lipinski definition) is 6. The predicted octanol–water partition coefficient (Wildman–Crippen LogP) is 8.69. The zero-order valence-electron chi connectivity index (χ0n) is 24.7. The van der Waals surface area contributed by atoms with Gasteiger partial charge in [0.25, 0.3) is 0 Å². The number of esters is 2. The van der Waals surface area contributed by atoms with E-state index >= 15 is 0 Å². The highest BCUT2D eigenvalue weighted by atomic mass is 16.7. The molecule has 1 aliphatic rings. The molecule has 0 spiro atoms. The van der Waals surface area contributed by atoms with Gasteiger partial charge in [0.2, 0.25) is 0 Å². The first-order chi connectivity index (χ1) is 19.5. The highest BCUT2D eigenvalue weighted by Gasteiger charge is 2.23. The molecule has 0 saturated carbocycles. The van der Waals surface area contributed by atoms with Crippen molar-refractivity contribution in [3.8, 4) is 5.75 Å². The second-order valence-electron chi connectivity index (χ2n) is 11.1. The molecule has 0 radical (unpaired) electrons. The lowest BCUT2D eigenvalue weighted by Crippen LogP contribution is -2.27. The fourth-order valence-electron chi connectivity index (χ4n) is 4.67. The van der Waals surface area contributed by atoms with Crippen molar-refractivity contribution < 1.29 is 28.5 Å². The SMILES string of the molecule is CCCCCCCCCCCC1COC(c2ccc(C(=O)Oc3ccc(C(=O)OCC(C)CC)cc3)cc2)OC1. The maximum Gasteiger partial charge on any atom is 0.343 e. The van der Waals surface area contributed by atoms with Crippen LogP contribution >= 0.6 is 0 Å². The van der Waals surface area contributed by atoms with Gasteiger partial charge in [-0.05, 0) is 48.7 Å². The standard InChI is InChI=1S/C34H48O6/c1-4-6-7-8-9-10-11-12-13-14-27-24-38-34(39-25-27)30-17-15-29(16-18-30)33(36)40-31-21-19-28(20-22-31)32(35)37-23-26(3)5-2/h15-22,26-27,34H,4-14,23-25H2,1-3H3. The van der Waals surface area contributed by atoms with Crippen LogP contribution in [0.2, 0.25) is 0 Å². The Bertz CT molecular complexity index is 992. The first kappa shape index (κ1) is 31.8. The summed E-state index contributed by atoms with van der Waals surface area (Å²) in [5.41, 5.74) is 1.74. The van der Waals surface area contributed by atoms with Crippen LogP contribution in [0, 0.1) is 11.8 Å². The third-order valence-corrected chi connectivity index (χ3v) is 7.60. The van der Waals surface area contributed by atoms with Crippen LogP contribution in [-0.2, 0) is 14.2 Å². The van der Waals surface area contributed by atoms with Crippen LogP contribution in [0.25, 0.3) is 0 Å². The molecule has 1 unspecified atom stereocenters. The van der Waals surface area contributed by atoms with Crippen LogP contribution in [0.15, 0.2) is 48.5 Å². The molecule has 1 fully saturated rings. The smallest absolute Gasteiger partial charge is 0.343 e. The van der Waals surface area contributed by atoms with Crippen molar-refractivity contribution in [2.24, 2.45) is 11.8 Å². The van der Waals surface area contributed by atoms with Crippen molar-refractivity contribution in [3.05, 3.63) is 65.2 Å². The van der Waals surface area contributed by atoms with Crippen LogP contribution in [0.5, 0.6) is 5.75 Å². The van der Waals surface area contributed by atoms with Gasteiger partial charge in [0.05, 0.1) is 30.9 Å². The maximum absolute atomic E-state index is 12.6. The summed E-state index contributed by atoms with van der Waals surface area (Å²) in [5.74, 6) is 0.284. The Morgan fingerprint density at radius 1 is 0.775 bits per heavy atom. The van der Waals surface area contributed by atoms with Gasteiger partial charge in [-0.15, -0.1) is 0 Å². The number of hydrogen-bond donors (Lipinski definition) is 0. The molecule has 3 rings (SSSR count). The molecule has 0 amide bonds. The average molecular weight is 553 g/mol. The molecule has 1 atom stereocenters. The number of unbranched alkanes of at least 4 members (excludes halogenated alkanes) is 8. The van der Waals surface area contributed by atoms with Crippen LogP contribution in [0.4, 0.5) is 0 Å². The molecule has 2 aromatic carbocycles. The number of carbonyl (C=O) groups excluding carboxylic acids is 2. The van der Waals surface area contributed by atoms with Gasteiger partial charge in [-0.2, -0.15) is 0 Å². The van der Waals surface area contributed by atoms with Gasteiger partial charge in [-0.25, -0.2) is 9.59 Å². The summed E-state index contributed by atoms with van der Waals surface area (Å²) in [7, 11) is 0. The average Bonchev–Trinajstić information content (AvgIpc) is 2.99. The molecule has 6 heteroatoms. The van der Waals surface area contributed by atoms with E-state index in [4.69, 9.17) is 18.9 Å². The third kappa shape index (κ3) is 11.1. The van der Waals surface area contributed by atoms with Crippen LogP contribution in [-0.4, -0.2) is 31.8 Å². The van der Waals surface area contributed by atoms with Gasteiger partial charge >= 0.3 is 11.9 Å². The molecule has 1 saturated heterocycles. The lowest BCUT2D eigenvalue weighted by Gasteiger charge is -2.29. The molecular formula is C34H48O6. The Balaban J connectivity index is 1.35. The van der Waals surface area contributed by atoms with Gasteiger partial charge in [0.15, 0.2) is 6.29 Å². The van der Waals surface area contributed by atoms with Crippen LogP contribution in [0.3, 0.4) is 0 Å². The fraction of sp³-hybridized carbons (Fsp3) is 0.588. The van der Waals surface area contributed by atoms with E-state index < -0.39 is 12.3 Å². The van der Waals surface area contributed by atoms with E-state index in [1.807, 2.05) is 19.1 Å². The summed E-state index contributed by atoms with van der Waals surface area (Å²) in [6.07, 6.45) is 13.7. The van der Waals surface area contributed by atoms with E-state index in [2.05, 4.69) is 13.8 Å². The number of ether oxygens (including phenoxy) is 4. The molecule has 2 aromatic rings. The molecule has 6 nitrogen and oxygen atoms in total. The van der Waals surface area contributed by atoms with Gasteiger partial charge in [0, 0.05) is 11.5 Å². The van der Waals surface area contributed by atoms with E-state index in [1.54, 1.807) is 36.4 Å². The summed E-state index contributed by atoms with van der Waals surface area (Å²) in [6.45, 7) is 8.14. The molecule has 1 heterocycles. The van der Waals surface area contributed by atoms with Crippen molar-refractivity contribution in [1.82, 2.24) is 0 Å². The molecule has 1 aliphatic heterocycles. The van der Waals surface area contributed by atoms with Gasteiger partial charge in [-0.3, -0.25) is 0 Å². The summed E-state index contributed by atoms with van der Waals surface area (Å²) in [5, 5.41) is 0. The summed E-state index contributed by atoms with van der Waals surface area (Å²) in [6, 6.07) is 13.5. The Morgan fingerprint density at radius 2 is 1.32 bits per heavy atom. The van der Waals surface area contributed by atoms with Gasteiger partial charge in [0.1, 0.15) is 5.75 Å². The van der Waals surface area contributed by atoms with E-state index in [0.29, 0.717) is 48.5 Å². The van der Waals surface area contributed by atoms with Crippen molar-refractivity contribution in [1.29, 1.82) is 0 Å². The second kappa shape index (κ2) is 17.9. The quantitative estimate of drug-likeness (QED) is 0.111. The minimum absolute atomic E-state index is 0.318. The van der Waals surface area contributed by atoms with E-state index in [9.17, 15) is 9.59 Å². The lowest BCUT2D eigenvalue weighted by molar-refractivity contribution is -0.206. The zero-order valence-corrected chi connectivity index (χ0v) is 24.7. The van der Waals surface area contributed by atoms with Crippen molar-refractivity contribution in [2.45, 2.75) is 97.7 Å². The highest BCUT2D eigenvalue weighted by molar-refractivity contribution is 5.92. The highest BCUT2D eigenvalue weighted by Crippen LogP contribution is 2.28. The zero-order chi connectivity index (χ0) is 28.6. The predicted molar refractivity (Wildman–Crippen MR) is 158 cm³/mol. The third-order valence-electron chi connectivity index (χ3n) is 7.60. The van der Waals surface area contributed by atoms with Gasteiger partial charge in [-0.1, -0.05) is 97.1 Å². The monoisotopic (exact) mass is 552 g/mol. The Morgan fingerprint density at radius 3 is 1.93 bits per heavy atom. The van der Waals surface area contributed by atoms with Crippen molar-refractivity contribution in [2.75, 3.05) is 19.8 Å². The van der Waals surface area contributed by atoms with E-state index in [-0.39, 0.29) is 5.97 Å². The topological polar surface area (TPSA) is 71.1 Å².